The van der Waals surface area contributed by atoms with Crippen molar-refractivity contribution in [1.82, 2.24) is 9.88 Å². The fourth-order valence-corrected chi connectivity index (χ4v) is 4.12. The molecule has 19 heavy (non-hydrogen) atoms. The van der Waals surface area contributed by atoms with Crippen LogP contribution in [0, 0.1) is 19.3 Å². The number of carbonyl (C=O) groups is 2. The SMILES string of the molecule is Cc1nc(CN2C(=O)CC3(CCSC3)C2=O)oc1C. The van der Waals surface area contributed by atoms with Gasteiger partial charge in [-0.15, -0.1) is 0 Å². The van der Waals surface area contributed by atoms with Crippen molar-refractivity contribution in [1.29, 1.82) is 0 Å². The van der Waals surface area contributed by atoms with E-state index in [1.807, 2.05) is 13.8 Å². The van der Waals surface area contributed by atoms with E-state index in [1.54, 1.807) is 11.8 Å². The van der Waals surface area contributed by atoms with Crippen molar-refractivity contribution in [2.24, 2.45) is 5.41 Å². The minimum Gasteiger partial charge on any atom is -0.444 e. The van der Waals surface area contributed by atoms with Gasteiger partial charge in [0.1, 0.15) is 12.3 Å². The Labute approximate surface area is 115 Å². The van der Waals surface area contributed by atoms with E-state index in [0.29, 0.717) is 12.3 Å². The molecule has 6 heteroatoms. The molecule has 0 aromatic carbocycles. The molecule has 0 saturated carbocycles. The minimum absolute atomic E-state index is 0.0454. The highest BCUT2D eigenvalue weighted by molar-refractivity contribution is 7.99. The molecule has 0 N–H and O–H groups in total. The van der Waals surface area contributed by atoms with Crippen molar-refractivity contribution in [2.75, 3.05) is 11.5 Å². The fraction of sp³-hybridized carbons (Fsp3) is 0.615. The smallest absolute Gasteiger partial charge is 0.237 e. The zero-order valence-corrected chi connectivity index (χ0v) is 11.9. The first-order valence-corrected chi connectivity index (χ1v) is 7.53. The third-order valence-electron chi connectivity index (χ3n) is 3.96. The zero-order chi connectivity index (χ0) is 13.6. The largest absolute Gasteiger partial charge is 0.444 e. The van der Waals surface area contributed by atoms with Crippen LogP contribution in [0.3, 0.4) is 0 Å². The maximum absolute atomic E-state index is 12.5. The molecule has 0 bridgehead atoms. The minimum atomic E-state index is -0.446. The number of aryl methyl sites for hydroxylation is 2. The summed E-state index contributed by atoms with van der Waals surface area (Å²) < 4.78 is 5.46. The Morgan fingerprint density at radius 3 is 2.79 bits per heavy atom. The number of aromatic nitrogens is 1. The molecule has 0 aliphatic carbocycles. The first-order valence-electron chi connectivity index (χ1n) is 6.37. The quantitative estimate of drug-likeness (QED) is 0.771. The van der Waals surface area contributed by atoms with Gasteiger partial charge in [-0.3, -0.25) is 14.5 Å². The zero-order valence-electron chi connectivity index (χ0n) is 11.1. The molecule has 102 valence electrons. The van der Waals surface area contributed by atoms with Gasteiger partial charge in [0.05, 0.1) is 11.1 Å². The van der Waals surface area contributed by atoms with Crippen LogP contribution in [0.1, 0.15) is 30.2 Å². The van der Waals surface area contributed by atoms with Gasteiger partial charge in [0, 0.05) is 12.2 Å². The normalized spacial score (nSPS) is 26.9. The molecule has 2 aliphatic heterocycles. The van der Waals surface area contributed by atoms with Crippen LogP contribution in [0.15, 0.2) is 4.42 Å². The first-order chi connectivity index (χ1) is 9.02. The number of hydrogen-bond acceptors (Lipinski definition) is 5. The standard InChI is InChI=1S/C13H16N2O3S/c1-8-9(2)18-10(14-8)6-15-11(16)5-13(12(15)17)3-4-19-7-13/h3-7H2,1-2H3. The summed E-state index contributed by atoms with van der Waals surface area (Å²) in [6.45, 7) is 3.85. The molecule has 0 radical (unpaired) electrons. The maximum Gasteiger partial charge on any atom is 0.237 e. The van der Waals surface area contributed by atoms with E-state index in [0.717, 1.165) is 29.4 Å². The third-order valence-corrected chi connectivity index (χ3v) is 5.21. The highest BCUT2D eigenvalue weighted by atomic mass is 32.2. The van der Waals surface area contributed by atoms with E-state index in [1.165, 1.54) is 4.90 Å². The average molecular weight is 280 g/mol. The number of thioether (sulfide) groups is 1. The van der Waals surface area contributed by atoms with Gasteiger partial charge in [0.2, 0.25) is 17.7 Å². The van der Waals surface area contributed by atoms with E-state index in [9.17, 15) is 9.59 Å². The number of oxazole rings is 1. The first kappa shape index (κ1) is 12.7. The van der Waals surface area contributed by atoms with Crippen molar-refractivity contribution < 1.29 is 14.0 Å². The van der Waals surface area contributed by atoms with Crippen LogP contribution in [-0.4, -0.2) is 33.2 Å². The summed E-state index contributed by atoms with van der Waals surface area (Å²) in [5, 5.41) is 0. The lowest BCUT2D eigenvalue weighted by Crippen LogP contribution is -2.35. The summed E-state index contributed by atoms with van der Waals surface area (Å²) in [6.07, 6.45) is 1.15. The molecule has 2 aliphatic rings. The summed E-state index contributed by atoms with van der Waals surface area (Å²) >= 11 is 1.75. The molecule has 5 nitrogen and oxygen atoms in total. The lowest BCUT2D eigenvalue weighted by Gasteiger charge is -2.19. The van der Waals surface area contributed by atoms with Crippen molar-refractivity contribution in [3.05, 3.63) is 17.3 Å². The maximum atomic E-state index is 12.5. The second-order valence-electron chi connectivity index (χ2n) is 5.29. The van der Waals surface area contributed by atoms with Crippen molar-refractivity contribution in [2.45, 2.75) is 33.2 Å². The van der Waals surface area contributed by atoms with Crippen LogP contribution in [-0.2, 0) is 16.1 Å². The highest BCUT2D eigenvalue weighted by Crippen LogP contribution is 2.45. The molecule has 2 amide bonds. The number of nitrogens with zero attached hydrogens (tertiary/aromatic N) is 2. The molecular weight excluding hydrogens is 264 g/mol. The lowest BCUT2D eigenvalue weighted by atomic mass is 9.86. The van der Waals surface area contributed by atoms with Gasteiger partial charge in [0.15, 0.2) is 0 Å². The monoisotopic (exact) mass is 280 g/mol. The number of imide groups is 1. The molecule has 1 spiro atoms. The Morgan fingerprint density at radius 2 is 2.21 bits per heavy atom. The molecule has 1 aromatic heterocycles. The Balaban J connectivity index is 1.81. The molecule has 2 saturated heterocycles. The molecule has 1 unspecified atom stereocenters. The number of carbonyl (C=O) groups excluding carboxylic acids is 2. The number of hydrogen-bond donors (Lipinski definition) is 0. The number of likely N-dealkylation sites (tertiary alicyclic amines) is 1. The van der Waals surface area contributed by atoms with Gasteiger partial charge >= 0.3 is 0 Å². The molecule has 3 rings (SSSR count). The molecule has 1 aromatic rings. The Bertz CT molecular complexity index is 527. The van der Waals surface area contributed by atoms with E-state index in [2.05, 4.69) is 4.98 Å². The van der Waals surface area contributed by atoms with Crippen LogP contribution in [0.25, 0.3) is 0 Å². The van der Waals surface area contributed by atoms with Crippen molar-refractivity contribution in [3.8, 4) is 0 Å². The van der Waals surface area contributed by atoms with E-state index in [-0.39, 0.29) is 18.4 Å². The van der Waals surface area contributed by atoms with Gasteiger partial charge < -0.3 is 4.42 Å². The number of rotatable bonds is 2. The highest BCUT2D eigenvalue weighted by Gasteiger charge is 2.53. The summed E-state index contributed by atoms with van der Waals surface area (Å²) in [4.78, 5) is 30.1. The predicted octanol–water partition coefficient (Wildman–Crippen LogP) is 1.67. The van der Waals surface area contributed by atoms with E-state index in [4.69, 9.17) is 4.42 Å². The second kappa shape index (κ2) is 4.37. The predicted molar refractivity (Wildman–Crippen MR) is 70.5 cm³/mol. The van der Waals surface area contributed by atoms with Crippen LogP contribution in [0.2, 0.25) is 0 Å². The summed E-state index contributed by atoms with van der Waals surface area (Å²) in [5.74, 6) is 2.76. The van der Waals surface area contributed by atoms with Gasteiger partial charge in [-0.05, 0) is 26.0 Å². The fourth-order valence-electron chi connectivity index (χ4n) is 2.68. The summed E-state index contributed by atoms with van der Waals surface area (Å²) in [5.41, 5.74) is 0.360. The Hall–Kier alpha value is -1.30. The van der Waals surface area contributed by atoms with Gasteiger partial charge in [-0.1, -0.05) is 0 Å². The molecule has 1 atom stereocenters. The molecular formula is C13H16N2O3S. The van der Waals surface area contributed by atoms with Gasteiger partial charge in [-0.2, -0.15) is 11.8 Å². The van der Waals surface area contributed by atoms with E-state index >= 15 is 0 Å². The second-order valence-corrected chi connectivity index (χ2v) is 6.40. The summed E-state index contributed by atoms with van der Waals surface area (Å²) in [6, 6.07) is 0. The molecule has 2 fully saturated rings. The van der Waals surface area contributed by atoms with Crippen LogP contribution in [0.5, 0.6) is 0 Å². The molecule has 3 heterocycles. The van der Waals surface area contributed by atoms with Crippen LogP contribution >= 0.6 is 11.8 Å². The van der Waals surface area contributed by atoms with Crippen LogP contribution < -0.4 is 0 Å². The number of amides is 2. The van der Waals surface area contributed by atoms with Crippen molar-refractivity contribution >= 4 is 23.6 Å². The Kier molecular flexibility index (Phi) is 2.92. The van der Waals surface area contributed by atoms with Crippen LogP contribution in [0.4, 0.5) is 0 Å². The topological polar surface area (TPSA) is 63.4 Å². The van der Waals surface area contributed by atoms with E-state index < -0.39 is 5.41 Å². The van der Waals surface area contributed by atoms with Gasteiger partial charge in [-0.25, -0.2) is 4.98 Å². The van der Waals surface area contributed by atoms with Gasteiger partial charge in [0.25, 0.3) is 0 Å². The third kappa shape index (κ3) is 1.98. The lowest BCUT2D eigenvalue weighted by molar-refractivity contribution is -0.142. The Morgan fingerprint density at radius 1 is 1.42 bits per heavy atom. The summed E-state index contributed by atoms with van der Waals surface area (Å²) in [7, 11) is 0. The average Bonchev–Trinajstić information content (AvgIpc) is 2.99. The van der Waals surface area contributed by atoms with Crippen molar-refractivity contribution in [3.63, 3.8) is 0 Å².